The molecule has 0 saturated carbocycles. The molecule has 0 aromatic carbocycles. The molecule has 2 rings (SSSR count). The summed E-state index contributed by atoms with van der Waals surface area (Å²) in [6.07, 6.45) is -1.55. The number of carbonyl (C=O) groups excluding carboxylic acids is 2. The van der Waals surface area contributed by atoms with E-state index in [-0.39, 0.29) is 18.9 Å². The van der Waals surface area contributed by atoms with Crippen molar-refractivity contribution in [3.05, 3.63) is 11.6 Å². The number of nitrogens with one attached hydrogen (secondary N) is 1. The van der Waals surface area contributed by atoms with Crippen molar-refractivity contribution in [1.29, 1.82) is 5.41 Å². The van der Waals surface area contributed by atoms with Crippen LogP contribution < -0.4 is 5.11 Å². The molecule has 1 N–H and O–H groups in total. The molecule has 0 unspecified atom stereocenters. The van der Waals surface area contributed by atoms with Crippen molar-refractivity contribution in [2.24, 2.45) is 5.28 Å². The fourth-order valence-electron chi connectivity index (χ4n) is 2.43. The lowest BCUT2D eigenvalue weighted by molar-refractivity contribution is -0.711. The summed E-state index contributed by atoms with van der Waals surface area (Å²) in [6.45, 7) is 6.54. The van der Waals surface area contributed by atoms with Gasteiger partial charge in [0.05, 0.1) is 31.1 Å². The number of rotatable bonds is 6. The van der Waals surface area contributed by atoms with E-state index in [0.717, 1.165) is 4.81 Å². The summed E-state index contributed by atoms with van der Waals surface area (Å²) in [5.41, 5.74) is -0.254. The van der Waals surface area contributed by atoms with E-state index in [1.165, 1.54) is 11.8 Å². The van der Waals surface area contributed by atoms with Crippen LogP contribution in [0, 0.1) is 5.41 Å². The molecule has 2 heterocycles. The first kappa shape index (κ1) is 20.3. The van der Waals surface area contributed by atoms with E-state index in [9.17, 15) is 14.7 Å². The van der Waals surface area contributed by atoms with Gasteiger partial charge in [0.2, 0.25) is 5.28 Å². The average molecular weight is 385 g/mol. The molecule has 0 radical (unpaired) electrons. The summed E-state index contributed by atoms with van der Waals surface area (Å²) in [4.78, 5) is 30.8. The summed E-state index contributed by atoms with van der Waals surface area (Å²) in [6, 6.07) is 0. The zero-order valence-electron chi connectivity index (χ0n) is 15.5. The molecule has 1 fully saturated rings. The number of hydrogen-bond donors (Lipinski definition) is 1. The Balaban J connectivity index is 2.05. The van der Waals surface area contributed by atoms with Gasteiger partial charge in [0.1, 0.15) is 12.0 Å². The standard InChI is InChI=1S/C15H23N5O7/c1-4-24-13(21)10(3)26-14(22)11-12(16)27-17-20(11)19-8-6-18(7-9-19)15(23)25-5-2/h10H,4-9H2,1-3H3,(H-,16,17,22)/t10-/m0/s1. The second-order valence-corrected chi connectivity index (χ2v) is 5.58. The van der Waals surface area contributed by atoms with Crippen LogP contribution in [0.4, 0.5) is 4.79 Å². The molecule has 0 aromatic rings. The molecule has 12 heteroatoms. The molecule has 1 saturated heterocycles. The van der Waals surface area contributed by atoms with Crippen LogP contribution in [-0.2, 0) is 23.8 Å². The van der Waals surface area contributed by atoms with Crippen LogP contribution >= 0.6 is 0 Å². The maximum Gasteiger partial charge on any atom is 0.409 e. The predicted octanol–water partition coefficient (Wildman–Crippen LogP) is -0.440. The van der Waals surface area contributed by atoms with Crippen LogP contribution in [-0.4, -0.2) is 78.2 Å². The number of hydrazine groups is 1. The highest BCUT2D eigenvalue weighted by Crippen LogP contribution is 2.19. The summed E-state index contributed by atoms with van der Waals surface area (Å²) < 4.78 is 14.8. The van der Waals surface area contributed by atoms with Crippen LogP contribution in [0.3, 0.4) is 0 Å². The predicted molar refractivity (Wildman–Crippen MR) is 85.9 cm³/mol. The number of esters is 1. The Morgan fingerprint density at radius 3 is 2.48 bits per heavy atom. The van der Waals surface area contributed by atoms with E-state index in [1.54, 1.807) is 18.9 Å². The SMILES string of the molecule is CCOC(=O)[C@H](C)OC([O-])=C1C(=N)ON=[N+]1N1CCN(C(=O)OCC)CC1. The molecule has 27 heavy (non-hydrogen) atoms. The van der Waals surface area contributed by atoms with Crippen LogP contribution in [0.2, 0.25) is 0 Å². The molecular weight excluding hydrogens is 362 g/mol. The Kier molecular flexibility index (Phi) is 6.79. The van der Waals surface area contributed by atoms with Crippen molar-refractivity contribution < 1.29 is 38.6 Å². The summed E-state index contributed by atoms with van der Waals surface area (Å²) >= 11 is 0. The zero-order chi connectivity index (χ0) is 20.0. The Labute approximate surface area is 156 Å². The number of hydrogen-bond acceptors (Lipinski definition) is 10. The van der Waals surface area contributed by atoms with E-state index in [4.69, 9.17) is 24.5 Å². The van der Waals surface area contributed by atoms with Crippen LogP contribution in [0.1, 0.15) is 20.8 Å². The van der Waals surface area contributed by atoms with Crippen molar-refractivity contribution in [2.75, 3.05) is 39.4 Å². The topological polar surface area (TPSA) is 140 Å². The van der Waals surface area contributed by atoms with Gasteiger partial charge in [0.25, 0.3) is 0 Å². The highest BCUT2D eigenvalue weighted by Gasteiger charge is 2.41. The average Bonchev–Trinajstić information content (AvgIpc) is 3.03. The Morgan fingerprint density at radius 2 is 1.89 bits per heavy atom. The van der Waals surface area contributed by atoms with E-state index in [1.807, 2.05) is 0 Å². The minimum Gasteiger partial charge on any atom is -0.594 e. The lowest BCUT2D eigenvalue weighted by Gasteiger charge is -2.30. The zero-order valence-corrected chi connectivity index (χ0v) is 15.5. The fourth-order valence-corrected chi connectivity index (χ4v) is 2.43. The number of ether oxygens (including phenoxy) is 3. The van der Waals surface area contributed by atoms with Crippen LogP contribution in [0.5, 0.6) is 0 Å². The van der Waals surface area contributed by atoms with Gasteiger partial charge in [0.15, 0.2) is 0 Å². The van der Waals surface area contributed by atoms with E-state index >= 15 is 0 Å². The molecule has 2 aliphatic rings. The third-order valence-corrected chi connectivity index (χ3v) is 3.77. The van der Waals surface area contributed by atoms with Crippen molar-refractivity contribution >= 4 is 18.0 Å². The number of nitrogens with zero attached hydrogens (tertiary/aromatic N) is 4. The lowest BCUT2D eigenvalue weighted by atomic mass is 10.3. The maximum absolute atomic E-state index is 12.4. The van der Waals surface area contributed by atoms with Crippen molar-refractivity contribution in [3.63, 3.8) is 0 Å². The normalized spacial score (nSPS) is 19.8. The Hall–Kier alpha value is -3.05. The largest absolute Gasteiger partial charge is 0.594 e. The summed E-state index contributed by atoms with van der Waals surface area (Å²) in [5, 5.41) is 25.5. The van der Waals surface area contributed by atoms with Crippen LogP contribution in [0.25, 0.3) is 0 Å². The van der Waals surface area contributed by atoms with Gasteiger partial charge in [-0.1, -0.05) is 0 Å². The lowest BCUT2D eigenvalue weighted by Crippen LogP contribution is -2.51. The molecule has 0 bridgehead atoms. The summed E-state index contributed by atoms with van der Waals surface area (Å²) in [7, 11) is 0. The van der Waals surface area contributed by atoms with Crippen molar-refractivity contribution in [3.8, 4) is 0 Å². The molecule has 12 nitrogen and oxygen atoms in total. The van der Waals surface area contributed by atoms with Gasteiger partial charge in [-0.05, 0) is 20.8 Å². The third kappa shape index (κ3) is 4.77. The van der Waals surface area contributed by atoms with Gasteiger partial charge in [0, 0.05) is 13.1 Å². The van der Waals surface area contributed by atoms with Gasteiger partial charge in [-0.2, -0.15) is 0 Å². The molecule has 2 aliphatic heterocycles. The minimum atomic E-state index is -1.14. The number of carbonyl (C=O) groups is 2. The first-order valence-electron chi connectivity index (χ1n) is 8.57. The van der Waals surface area contributed by atoms with Gasteiger partial charge in [-0.3, -0.25) is 15.0 Å². The van der Waals surface area contributed by atoms with Gasteiger partial charge < -0.3 is 24.2 Å². The Morgan fingerprint density at radius 1 is 1.26 bits per heavy atom. The maximum atomic E-state index is 12.4. The highest BCUT2D eigenvalue weighted by atomic mass is 16.7. The third-order valence-electron chi connectivity index (χ3n) is 3.77. The van der Waals surface area contributed by atoms with E-state index < -0.39 is 30.0 Å². The Bertz CT molecular complexity index is 655. The van der Waals surface area contributed by atoms with E-state index in [2.05, 4.69) is 5.28 Å². The van der Waals surface area contributed by atoms with E-state index in [0.29, 0.717) is 26.2 Å². The molecule has 1 atom stereocenters. The second kappa shape index (κ2) is 9.05. The smallest absolute Gasteiger partial charge is 0.409 e. The fraction of sp³-hybridized carbons (Fsp3) is 0.667. The number of piperazine rings is 1. The summed E-state index contributed by atoms with van der Waals surface area (Å²) in [5.74, 6) is -2.12. The van der Waals surface area contributed by atoms with Crippen LogP contribution in [0.15, 0.2) is 16.9 Å². The minimum absolute atomic E-state index is 0.155. The van der Waals surface area contributed by atoms with Gasteiger partial charge >= 0.3 is 23.7 Å². The second-order valence-electron chi connectivity index (χ2n) is 5.58. The molecule has 0 aromatic heterocycles. The van der Waals surface area contributed by atoms with Crippen molar-refractivity contribution in [1.82, 2.24) is 9.91 Å². The van der Waals surface area contributed by atoms with Gasteiger partial charge in [-0.15, -0.1) is 5.01 Å². The quantitative estimate of drug-likeness (QED) is 0.369. The molecule has 0 spiro atoms. The first-order chi connectivity index (χ1) is 12.9. The molecule has 150 valence electrons. The number of amides is 1. The first-order valence-corrected chi connectivity index (χ1v) is 8.57. The molecular formula is C15H23N5O7. The monoisotopic (exact) mass is 385 g/mol. The van der Waals surface area contributed by atoms with Gasteiger partial charge in [-0.25, -0.2) is 4.79 Å². The highest BCUT2D eigenvalue weighted by molar-refractivity contribution is 5.88. The molecule has 0 aliphatic carbocycles. The molecule has 1 amide bonds. The van der Waals surface area contributed by atoms with Crippen molar-refractivity contribution in [2.45, 2.75) is 26.9 Å².